The minimum absolute atomic E-state index is 0.0367. The Balaban J connectivity index is 1.40. The quantitative estimate of drug-likeness (QED) is 0.389. The van der Waals surface area contributed by atoms with Crippen LogP contribution in [0.1, 0.15) is 17.2 Å². The molecule has 32 heavy (non-hydrogen) atoms. The van der Waals surface area contributed by atoms with Crippen molar-refractivity contribution < 1.29 is 19.3 Å². The van der Waals surface area contributed by atoms with Gasteiger partial charge in [-0.3, -0.25) is 34.8 Å². The number of non-ortho nitro benzene ring substituents is 1. The number of hydrazine groups is 1. The maximum absolute atomic E-state index is 13.2. The number of hydrogen-bond donors (Lipinski definition) is 2. The van der Waals surface area contributed by atoms with Gasteiger partial charge >= 0.3 is 0 Å². The summed E-state index contributed by atoms with van der Waals surface area (Å²) in [5.74, 6) is -1.64. The van der Waals surface area contributed by atoms with E-state index in [0.29, 0.717) is 18.5 Å². The lowest BCUT2D eigenvalue weighted by molar-refractivity contribution is -0.384. The van der Waals surface area contributed by atoms with Crippen molar-refractivity contribution in [2.24, 2.45) is 5.92 Å². The van der Waals surface area contributed by atoms with Crippen molar-refractivity contribution in [3.8, 4) is 0 Å². The van der Waals surface area contributed by atoms with E-state index in [2.05, 4.69) is 10.9 Å². The normalized spacial score (nSPS) is 21.1. The van der Waals surface area contributed by atoms with Crippen LogP contribution in [0.3, 0.4) is 0 Å². The molecule has 2 atom stereocenters. The summed E-state index contributed by atoms with van der Waals surface area (Å²) in [6.45, 7) is 0.296. The molecule has 2 fully saturated rings. The van der Waals surface area contributed by atoms with Crippen LogP contribution in [-0.4, -0.2) is 58.6 Å². The third-order valence-electron chi connectivity index (χ3n) is 5.80. The van der Waals surface area contributed by atoms with Crippen LogP contribution >= 0.6 is 0 Å². The minimum atomic E-state index is -0.548. The van der Waals surface area contributed by atoms with Crippen LogP contribution in [-0.2, 0) is 20.8 Å². The molecule has 0 aliphatic carbocycles. The van der Waals surface area contributed by atoms with E-state index in [-0.39, 0.29) is 31.2 Å². The molecule has 2 unspecified atom stereocenters. The number of rotatable bonds is 6. The van der Waals surface area contributed by atoms with Crippen LogP contribution < -0.4 is 10.9 Å². The molecule has 0 saturated carbocycles. The summed E-state index contributed by atoms with van der Waals surface area (Å²) in [6.07, 6.45) is 0.560. The zero-order valence-electron chi connectivity index (χ0n) is 17.3. The molecule has 0 bridgehead atoms. The Morgan fingerprint density at radius 3 is 2.31 bits per heavy atom. The fraction of sp³-hybridized carbons (Fsp3) is 0.318. The van der Waals surface area contributed by atoms with Crippen molar-refractivity contribution in [2.75, 3.05) is 26.2 Å². The SMILES string of the molecule is O=C(C1CNNC1c1ccc([N+](=O)[O-])cc1)N1CC(=O)N(CCc2ccccc2)C(=O)C1. The fourth-order valence-electron chi connectivity index (χ4n) is 4.06. The van der Waals surface area contributed by atoms with E-state index in [0.717, 1.165) is 5.56 Å². The van der Waals surface area contributed by atoms with E-state index >= 15 is 0 Å². The number of nitro benzene ring substituents is 1. The Morgan fingerprint density at radius 1 is 1.03 bits per heavy atom. The van der Waals surface area contributed by atoms with Gasteiger partial charge in [0, 0.05) is 25.2 Å². The number of nitro groups is 1. The molecule has 3 amide bonds. The van der Waals surface area contributed by atoms with Crippen LogP contribution in [0.4, 0.5) is 5.69 Å². The molecule has 166 valence electrons. The number of benzene rings is 2. The standard InChI is InChI=1S/C22H23N5O5/c28-19-13-25(14-20(29)26(19)11-10-15-4-2-1-3-5-15)22(30)18-12-23-24-21(18)16-6-8-17(9-7-16)27(31)32/h1-9,18,21,23-24H,10-14H2. The summed E-state index contributed by atoms with van der Waals surface area (Å²) in [7, 11) is 0. The lowest BCUT2D eigenvalue weighted by Gasteiger charge is -2.34. The van der Waals surface area contributed by atoms with Crippen molar-refractivity contribution in [3.05, 3.63) is 75.8 Å². The summed E-state index contributed by atoms with van der Waals surface area (Å²) < 4.78 is 0. The molecule has 2 aromatic carbocycles. The zero-order valence-corrected chi connectivity index (χ0v) is 17.3. The van der Waals surface area contributed by atoms with E-state index in [1.807, 2.05) is 30.3 Å². The van der Waals surface area contributed by atoms with Crippen LogP contribution in [0.2, 0.25) is 0 Å². The Labute approximate surface area is 184 Å². The van der Waals surface area contributed by atoms with Crippen LogP contribution in [0.25, 0.3) is 0 Å². The molecule has 2 aliphatic heterocycles. The van der Waals surface area contributed by atoms with Crippen molar-refractivity contribution in [3.63, 3.8) is 0 Å². The Morgan fingerprint density at radius 2 is 1.69 bits per heavy atom. The summed E-state index contributed by atoms with van der Waals surface area (Å²) in [5, 5.41) is 10.9. The molecule has 0 aromatic heterocycles. The van der Waals surface area contributed by atoms with Crippen LogP contribution in [0.15, 0.2) is 54.6 Å². The van der Waals surface area contributed by atoms with Gasteiger partial charge in [0.05, 0.1) is 16.9 Å². The first-order valence-electron chi connectivity index (χ1n) is 10.3. The highest BCUT2D eigenvalue weighted by atomic mass is 16.6. The maximum atomic E-state index is 13.2. The largest absolute Gasteiger partial charge is 0.324 e. The van der Waals surface area contributed by atoms with Gasteiger partial charge in [0.2, 0.25) is 17.7 Å². The van der Waals surface area contributed by atoms with Gasteiger partial charge in [0.15, 0.2) is 0 Å². The number of piperazine rings is 1. The average molecular weight is 437 g/mol. The summed E-state index contributed by atoms with van der Waals surface area (Å²) in [4.78, 5) is 51.3. The number of carbonyl (C=O) groups excluding carboxylic acids is 3. The molecular weight excluding hydrogens is 414 g/mol. The van der Waals surface area contributed by atoms with Crippen LogP contribution in [0, 0.1) is 16.0 Å². The fourth-order valence-corrected chi connectivity index (χ4v) is 4.06. The molecule has 2 N–H and O–H groups in total. The minimum Gasteiger partial charge on any atom is -0.324 e. The molecule has 2 aliphatic rings. The monoisotopic (exact) mass is 437 g/mol. The van der Waals surface area contributed by atoms with E-state index < -0.39 is 28.7 Å². The highest BCUT2D eigenvalue weighted by Gasteiger charge is 2.40. The summed E-state index contributed by atoms with van der Waals surface area (Å²) in [6, 6.07) is 15.1. The number of nitrogens with zero attached hydrogens (tertiary/aromatic N) is 3. The van der Waals surface area contributed by atoms with Crippen LogP contribution in [0.5, 0.6) is 0 Å². The predicted octanol–water partition coefficient (Wildman–Crippen LogP) is 0.800. The van der Waals surface area contributed by atoms with Gasteiger partial charge in [-0.1, -0.05) is 42.5 Å². The third-order valence-corrected chi connectivity index (χ3v) is 5.80. The molecule has 10 heteroatoms. The second-order valence-electron chi connectivity index (χ2n) is 7.83. The van der Waals surface area contributed by atoms with Gasteiger partial charge in [-0.05, 0) is 17.5 Å². The highest BCUT2D eigenvalue weighted by molar-refractivity contribution is 6.03. The lowest BCUT2D eigenvalue weighted by Crippen LogP contribution is -2.57. The Kier molecular flexibility index (Phi) is 6.24. The lowest BCUT2D eigenvalue weighted by atomic mass is 9.93. The first-order chi connectivity index (χ1) is 15.4. The van der Waals surface area contributed by atoms with E-state index in [4.69, 9.17) is 0 Å². The molecule has 4 rings (SSSR count). The smallest absolute Gasteiger partial charge is 0.269 e. The molecule has 10 nitrogen and oxygen atoms in total. The molecule has 0 radical (unpaired) electrons. The summed E-state index contributed by atoms with van der Waals surface area (Å²) >= 11 is 0. The number of carbonyl (C=O) groups is 3. The molecular formula is C22H23N5O5. The number of hydrogen-bond acceptors (Lipinski definition) is 7. The second-order valence-corrected chi connectivity index (χ2v) is 7.83. The van der Waals surface area contributed by atoms with Gasteiger partial charge in [0.25, 0.3) is 5.69 Å². The zero-order chi connectivity index (χ0) is 22.7. The second kappa shape index (κ2) is 9.25. The van der Waals surface area contributed by atoms with E-state index in [9.17, 15) is 24.5 Å². The first kappa shape index (κ1) is 21.6. The van der Waals surface area contributed by atoms with Gasteiger partial charge < -0.3 is 4.90 Å². The van der Waals surface area contributed by atoms with Crippen molar-refractivity contribution in [2.45, 2.75) is 12.5 Å². The number of imide groups is 1. The topological polar surface area (TPSA) is 125 Å². The molecule has 2 aromatic rings. The van der Waals surface area contributed by atoms with Gasteiger partial charge in [0.1, 0.15) is 13.1 Å². The van der Waals surface area contributed by atoms with Gasteiger partial charge in [-0.25, -0.2) is 5.43 Å². The highest BCUT2D eigenvalue weighted by Crippen LogP contribution is 2.28. The first-order valence-corrected chi connectivity index (χ1v) is 10.3. The Hall–Kier alpha value is -3.63. The van der Waals surface area contributed by atoms with E-state index in [1.54, 1.807) is 12.1 Å². The Bertz CT molecular complexity index is 1010. The van der Waals surface area contributed by atoms with E-state index in [1.165, 1.54) is 21.9 Å². The molecule has 0 spiro atoms. The maximum Gasteiger partial charge on any atom is 0.269 e. The summed E-state index contributed by atoms with van der Waals surface area (Å²) in [5.41, 5.74) is 7.65. The van der Waals surface area contributed by atoms with Crippen molar-refractivity contribution in [1.82, 2.24) is 20.7 Å². The predicted molar refractivity (Wildman–Crippen MR) is 114 cm³/mol. The number of nitrogens with one attached hydrogen (secondary N) is 2. The van der Waals surface area contributed by atoms with Crippen molar-refractivity contribution >= 4 is 23.4 Å². The van der Waals surface area contributed by atoms with Crippen molar-refractivity contribution in [1.29, 1.82) is 0 Å². The van der Waals surface area contributed by atoms with Gasteiger partial charge in [-0.15, -0.1) is 0 Å². The van der Waals surface area contributed by atoms with Gasteiger partial charge in [-0.2, -0.15) is 0 Å². The molecule has 2 heterocycles. The molecule has 2 saturated heterocycles. The third kappa shape index (κ3) is 4.51. The average Bonchev–Trinajstić information content (AvgIpc) is 3.28. The number of amides is 3.